The molecule has 1 atom stereocenters. The molecule has 3 aromatic carbocycles. The van der Waals surface area contributed by atoms with Gasteiger partial charge in [0.1, 0.15) is 5.37 Å². The van der Waals surface area contributed by atoms with Crippen molar-refractivity contribution in [2.24, 2.45) is 0 Å². The zero-order chi connectivity index (χ0) is 23.3. The van der Waals surface area contributed by atoms with Crippen LogP contribution in [-0.4, -0.2) is 48.8 Å². The number of nitrogens with one attached hydrogen (secondary N) is 1. The first-order valence-electron chi connectivity index (χ1n) is 11.5. The molecule has 5 rings (SSSR count). The third kappa shape index (κ3) is 5.11. The molecule has 0 radical (unpaired) electrons. The summed E-state index contributed by atoms with van der Waals surface area (Å²) in [6, 6.07) is 25.5. The molecule has 0 unspecified atom stereocenters. The summed E-state index contributed by atoms with van der Waals surface area (Å²) in [5.74, 6) is 0.461. The van der Waals surface area contributed by atoms with Crippen LogP contribution in [0.2, 0.25) is 0 Å². The number of hydrogen-bond donors (Lipinski definition) is 1. The average molecular weight is 474 g/mol. The second kappa shape index (κ2) is 10.3. The number of thioether (sulfide) groups is 1. The van der Waals surface area contributed by atoms with Gasteiger partial charge in [-0.3, -0.25) is 9.59 Å². The van der Waals surface area contributed by atoms with E-state index in [1.165, 1.54) is 0 Å². The maximum atomic E-state index is 12.8. The highest BCUT2D eigenvalue weighted by atomic mass is 32.2. The van der Waals surface area contributed by atoms with Gasteiger partial charge in [0, 0.05) is 36.6 Å². The minimum Gasteiger partial charge on any atom is -0.378 e. The van der Waals surface area contributed by atoms with Gasteiger partial charge in [-0.15, -0.1) is 11.8 Å². The molecule has 2 aliphatic rings. The highest BCUT2D eigenvalue weighted by Crippen LogP contribution is 2.39. The Hall–Kier alpha value is -3.29. The van der Waals surface area contributed by atoms with Gasteiger partial charge in [-0.25, -0.2) is 0 Å². The standard InChI is InChI=1S/C27H27N3O3S/c31-25-19-34-27(30(25)18-20-4-2-1-3-5-20)22-8-6-21(7-9-22)26(32)28-23-10-12-24(13-11-23)29-14-16-33-17-15-29/h1-13,27H,14-19H2,(H,28,32)/t27-/m0/s1. The fourth-order valence-corrected chi connectivity index (χ4v) is 5.45. The van der Waals surface area contributed by atoms with Gasteiger partial charge in [0.25, 0.3) is 5.91 Å². The largest absolute Gasteiger partial charge is 0.378 e. The number of hydrogen-bond acceptors (Lipinski definition) is 5. The highest BCUT2D eigenvalue weighted by Gasteiger charge is 2.32. The van der Waals surface area contributed by atoms with Crippen LogP contribution in [0.1, 0.15) is 26.9 Å². The fraction of sp³-hybridized carbons (Fsp3) is 0.259. The van der Waals surface area contributed by atoms with Crippen molar-refractivity contribution in [2.75, 3.05) is 42.3 Å². The molecule has 2 fully saturated rings. The van der Waals surface area contributed by atoms with Gasteiger partial charge in [0.15, 0.2) is 0 Å². The van der Waals surface area contributed by atoms with Crippen LogP contribution in [0.15, 0.2) is 78.9 Å². The quantitative estimate of drug-likeness (QED) is 0.569. The van der Waals surface area contributed by atoms with E-state index in [-0.39, 0.29) is 17.2 Å². The molecule has 1 N–H and O–H groups in total. The molecule has 2 heterocycles. The zero-order valence-corrected chi connectivity index (χ0v) is 19.7. The number of ether oxygens (including phenoxy) is 1. The first-order valence-corrected chi connectivity index (χ1v) is 12.5. The average Bonchev–Trinajstić information content (AvgIpc) is 3.25. The second-order valence-corrected chi connectivity index (χ2v) is 9.46. The Balaban J connectivity index is 1.23. The van der Waals surface area contributed by atoms with Gasteiger partial charge in [-0.05, 0) is 47.5 Å². The van der Waals surface area contributed by atoms with E-state index in [0.717, 1.165) is 48.8 Å². The van der Waals surface area contributed by atoms with Gasteiger partial charge in [0.2, 0.25) is 5.91 Å². The highest BCUT2D eigenvalue weighted by molar-refractivity contribution is 8.00. The van der Waals surface area contributed by atoms with E-state index >= 15 is 0 Å². The lowest BCUT2D eigenvalue weighted by molar-refractivity contribution is -0.128. The molecule has 0 aromatic heterocycles. The Morgan fingerprint density at radius 3 is 2.35 bits per heavy atom. The van der Waals surface area contributed by atoms with Gasteiger partial charge < -0.3 is 19.9 Å². The van der Waals surface area contributed by atoms with Crippen LogP contribution >= 0.6 is 11.8 Å². The molecule has 2 saturated heterocycles. The van der Waals surface area contributed by atoms with Crippen molar-refractivity contribution in [2.45, 2.75) is 11.9 Å². The summed E-state index contributed by atoms with van der Waals surface area (Å²) in [5, 5.41) is 2.93. The Bertz CT molecular complexity index is 1130. The SMILES string of the molecule is O=C(Nc1ccc(N2CCOCC2)cc1)c1ccc([C@@H]2SCC(=O)N2Cc2ccccc2)cc1. The number of morpholine rings is 1. The van der Waals surface area contributed by atoms with Crippen molar-refractivity contribution >= 4 is 35.0 Å². The fourth-order valence-electron chi connectivity index (χ4n) is 4.26. The van der Waals surface area contributed by atoms with E-state index < -0.39 is 0 Å². The molecular weight excluding hydrogens is 446 g/mol. The number of amides is 2. The van der Waals surface area contributed by atoms with Crippen LogP contribution in [0.25, 0.3) is 0 Å². The second-order valence-electron chi connectivity index (χ2n) is 8.39. The predicted molar refractivity (Wildman–Crippen MR) is 136 cm³/mol. The number of carbonyl (C=O) groups is 2. The van der Waals surface area contributed by atoms with Gasteiger partial charge in [-0.1, -0.05) is 42.5 Å². The van der Waals surface area contributed by atoms with E-state index in [1.54, 1.807) is 11.8 Å². The van der Waals surface area contributed by atoms with Crippen LogP contribution in [0.5, 0.6) is 0 Å². The van der Waals surface area contributed by atoms with Crippen molar-refractivity contribution in [1.82, 2.24) is 4.90 Å². The molecule has 0 saturated carbocycles. The summed E-state index contributed by atoms with van der Waals surface area (Å²) in [6.07, 6.45) is 0. The molecule has 0 bridgehead atoms. The molecule has 2 aliphatic heterocycles. The summed E-state index contributed by atoms with van der Waals surface area (Å²) in [4.78, 5) is 29.5. The number of carbonyl (C=O) groups excluding carboxylic acids is 2. The molecule has 34 heavy (non-hydrogen) atoms. The van der Waals surface area contributed by atoms with Crippen LogP contribution in [0.4, 0.5) is 11.4 Å². The maximum absolute atomic E-state index is 12.8. The normalized spacial score (nSPS) is 18.2. The minimum atomic E-state index is -0.151. The van der Waals surface area contributed by atoms with Crippen LogP contribution in [0.3, 0.4) is 0 Å². The van der Waals surface area contributed by atoms with E-state index in [0.29, 0.717) is 17.9 Å². The van der Waals surface area contributed by atoms with Gasteiger partial charge in [0.05, 0.1) is 19.0 Å². The third-order valence-electron chi connectivity index (χ3n) is 6.12. The van der Waals surface area contributed by atoms with Crippen LogP contribution in [-0.2, 0) is 16.1 Å². The lowest BCUT2D eigenvalue weighted by Crippen LogP contribution is -2.36. The molecule has 0 spiro atoms. The third-order valence-corrected chi connectivity index (χ3v) is 7.38. The van der Waals surface area contributed by atoms with Gasteiger partial charge >= 0.3 is 0 Å². The zero-order valence-electron chi connectivity index (χ0n) is 18.9. The maximum Gasteiger partial charge on any atom is 0.255 e. The smallest absolute Gasteiger partial charge is 0.255 e. The molecule has 7 heteroatoms. The molecule has 0 aliphatic carbocycles. The Kier molecular flexibility index (Phi) is 6.83. The van der Waals surface area contributed by atoms with E-state index in [9.17, 15) is 9.59 Å². The minimum absolute atomic E-state index is 0.0439. The monoisotopic (exact) mass is 473 g/mol. The summed E-state index contributed by atoms with van der Waals surface area (Å²) in [7, 11) is 0. The van der Waals surface area contributed by atoms with Crippen molar-refractivity contribution in [3.63, 3.8) is 0 Å². The summed E-state index contributed by atoms with van der Waals surface area (Å²) < 4.78 is 5.41. The van der Waals surface area contributed by atoms with Crippen molar-refractivity contribution in [3.8, 4) is 0 Å². The Morgan fingerprint density at radius 1 is 0.941 bits per heavy atom. The van der Waals surface area contributed by atoms with Crippen LogP contribution < -0.4 is 10.2 Å². The number of anilines is 2. The van der Waals surface area contributed by atoms with Crippen molar-refractivity contribution < 1.29 is 14.3 Å². The summed E-state index contributed by atoms with van der Waals surface area (Å²) >= 11 is 1.62. The van der Waals surface area contributed by atoms with E-state index in [2.05, 4.69) is 10.2 Å². The van der Waals surface area contributed by atoms with Crippen molar-refractivity contribution in [3.05, 3.63) is 95.6 Å². The molecule has 174 valence electrons. The van der Waals surface area contributed by atoms with Gasteiger partial charge in [-0.2, -0.15) is 0 Å². The Labute approximate surface area is 203 Å². The lowest BCUT2D eigenvalue weighted by atomic mass is 10.1. The summed E-state index contributed by atoms with van der Waals surface area (Å²) in [5.41, 5.74) is 4.62. The first kappa shape index (κ1) is 22.5. The topological polar surface area (TPSA) is 61.9 Å². The first-order chi connectivity index (χ1) is 16.7. The van der Waals surface area contributed by atoms with E-state index in [1.807, 2.05) is 83.8 Å². The molecular formula is C27H27N3O3S. The predicted octanol–water partition coefficient (Wildman–Crippen LogP) is 4.55. The Morgan fingerprint density at radius 2 is 1.65 bits per heavy atom. The van der Waals surface area contributed by atoms with Crippen LogP contribution in [0, 0.1) is 0 Å². The number of rotatable bonds is 6. The molecule has 3 aromatic rings. The molecule has 2 amide bonds. The number of benzene rings is 3. The van der Waals surface area contributed by atoms with Crippen molar-refractivity contribution in [1.29, 1.82) is 0 Å². The lowest BCUT2D eigenvalue weighted by Gasteiger charge is -2.28. The number of nitrogens with zero attached hydrogens (tertiary/aromatic N) is 2. The molecule has 6 nitrogen and oxygen atoms in total. The van der Waals surface area contributed by atoms with E-state index in [4.69, 9.17) is 4.74 Å². The summed E-state index contributed by atoms with van der Waals surface area (Å²) in [6.45, 7) is 3.83.